The van der Waals surface area contributed by atoms with Gasteiger partial charge in [-0.1, -0.05) is 12.1 Å². The molecule has 0 fully saturated rings. The molecule has 0 amide bonds. The minimum Gasteiger partial charge on any atom is -0.494 e. The van der Waals surface area contributed by atoms with Crippen LogP contribution in [0.1, 0.15) is 16.9 Å². The first kappa shape index (κ1) is 15.7. The third-order valence-electron chi connectivity index (χ3n) is 4.41. The van der Waals surface area contributed by atoms with Gasteiger partial charge >= 0.3 is 0 Å². The molecule has 7 nitrogen and oxygen atoms in total. The van der Waals surface area contributed by atoms with Gasteiger partial charge < -0.3 is 4.74 Å². The Hall–Kier alpha value is -2.52. The molecule has 0 spiro atoms. The molecule has 0 N–H and O–H groups in total. The fourth-order valence-electron chi connectivity index (χ4n) is 3.26. The number of hydrogen-bond acceptors (Lipinski definition) is 8. The molecule has 4 aromatic rings. The topological polar surface area (TPSA) is 78.6 Å². The van der Waals surface area contributed by atoms with Crippen molar-refractivity contribution < 1.29 is 4.74 Å². The number of aromatic nitrogens is 6. The summed E-state index contributed by atoms with van der Waals surface area (Å²) in [5, 5.41) is 14.9. The molecule has 0 saturated heterocycles. The van der Waals surface area contributed by atoms with Crippen molar-refractivity contribution >= 4 is 33.3 Å². The quantitative estimate of drug-likeness (QED) is 0.501. The van der Waals surface area contributed by atoms with Gasteiger partial charge in [0.1, 0.15) is 27.6 Å². The van der Waals surface area contributed by atoms with Crippen LogP contribution in [0, 0.1) is 0 Å². The Morgan fingerprint density at radius 3 is 3.04 bits per heavy atom. The van der Waals surface area contributed by atoms with E-state index in [1.54, 1.807) is 29.5 Å². The number of fused-ring (bicyclic) bond motifs is 3. The highest BCUT2D eigenvalue weighted by Gasteiger charge is 2.23. The van der Waals surface area contributed by atoms with E-state index in [0.29, 0.717) is 10.9 Å². The molecule has 130 valence electrons. The van der Waals surface area contributed by atoms with E-state index in [1.165, 1.54) is 28.6 Å². The molecule has 0 aliphatic heterocycles. The molecule has 0 saturated carbocycles. The van der Waals surface area contributed by atoms with E-state index in [2.05, 4.69) is 25.5 Å². The summed E-state index contributed by atoms with van der Waals surface area (Å²) in [6.45, 7) is 0. The van der Waals surface area contributed by atoms with Gasteiger partial charge in [-0.25, -0.2) is 9.97 Å². The van der Waals surface area contributed by atoms with Gasteiger partial charge in [0, 0.05) is 10.3 Å². The van der Waals surface area contributed by atoms with Crippen LogP contribution in [-0.2, 0) is 12.8 Å². The lowest BCUT2D eigenvalue weighted by atomic mass is 10.2. The summed E-state index contributed by atoms with van der Waals surface area (Å²) >= 11 is 3.24. The van der Waals surface area contributed by atoms with Crippen molar-refractivity contribution in [3.63, 3.8) is 0 Å². The lowest BCUT2D eigenvalue weighted by Gasteiger charge is -2.09. The molecule has 1 aliphatic rings. The first-order valence-electron chi connectivity index (χ1n) is 8.20. The molecule has 0 bridgehead atoms. The van der Waals surface area contributed by atoms with Gasteiger partial charge in [-0.3, -0.25) is 0 Å². The average Bonchev–Trinajstić information content (AvgIpc) is 3.37. The van der Waals surface area contributed by atoms with Gasteiger partial charge in [-0.05, 0) is 59.1 Å². The molecular weight excluding hydrogens is 368 g/mol. The van der Waals surface area contributed by atoms with Gasteiger partial charge in [0.15, 0.2) is 0 Å². The first-order valence-corrected chi connectivity index (χ1v) is 9.83. The fourth-order valence-corrected chi connectivity index (χ4v) is 5.45. The number of rotatable bonds is 4. The zero-order chi connectivity index (χ0) is 17.5. The van der Waals surface area contributed by atoms with Gasteiger partial charge in [-0.15, -0.1) is 16.4 Å². The monoisotopic (exact) mass is 382 g/mol. The van der Waals surface area contributed by atoms with Crippen molar-refractivity contribution in [3.05, 3.63) is 41.0 Å². The predicted molar refractivity (Wildman–Crippen MR) is 99.3 cm³/mol. The highest BCUT2D eigenvalue weighted by atomic mass is 32.2. The van der Waals surface area contributed by atoms with Crippen LogP contribution in [-0.4, -0.2) is 37.3 Å². The van der Waals surface area contributed by atoms with Crippen molar-refractivity contribution in [2.24, 2.45) is 0 Å². The summed E-state index contributed by atoms with van der Waals surface area (Å²) in [5.74, 6) is 0.714. The molecule has 5 rings (SSSR count). The Balaban J connectivity index is 1.60. The van der Waals surface area contributed by atoms with Crippen molar-refractivity contribution in [1.29, 1.82) is 0 Å². The molecule has 1 aromatic carbocycles. The van der Waals surface area contributed by atoms with Gasteiger partial charge in [0.25, 0.3) is 0 Å². The molecule has 3 heterocycles. The first-order chi connectivity index (χ1) is 12.8. The van der Waals surface area contributed by atoms with Gasteiger partial charge in [0.05, 0.1) is 7.11 Å². The number of hydrogen-bond donors (Lipinski definition) is 0. The fraction of sp³-hybridized carbons (Fsp3) is 0.235. The Bertz CT molecular complexity index is 1110. The zero-order valence-corrected chi connectivity index (χ0v) is 15.5. The van der Waals surface area contributed by atoms with E-state index < -0.39 is 0 Å². The number of tetrazole rings is 1. The van der Waals surface area contributed by atoms with E-state index in [1.807, 2.05) is 24.3 Å². The summed E-state index contributed by atoms with van der Waals surface area (Å²) in [4.78, 5) is 11.5. The summed E-state index contributed by atoms with van der Waals surface area (Å²) in [6.07, 6.45) is 5.05. The van der Waals surface area contributed by atoms with Crippen LogP contribution in [0.2, 0.25) is 0 Å². The second-order valence-corrected chi connectivity index (χ2v) is 7.90. The molecule has 0 atom stereocenters. The van der Waals surface area contributed by atoms with Crippen molar-refractivity contribution in [1.82, 2.24) is 30.2 Å². The van der Waals surface area contributed by atoms with Crippen LogP contribution in [0.5, 0.6) is 5.75 Å². The maximum absolute atomic E-state index is 5.44. The smallest absolute Gasteiger partial charge is 0.220 e. The highest BCUT2D eigenvalue weighted by Crippen LogP contribution is 2.41. The number of methoxy groups -OCH3 is 1. The molecule has 0 unspecified atom stereocenters. The number of thiophene rings is 1. The van der Waals surface area contributed by atoms with Gasteiger partial charge in [-0.2, -0.15) is 4.68 Å². The minimum atomic E-state index is 0.646. The Kier molecular flexibility index (Phi) is 3.83. The number of para-hydroxylation sites is 2. The van der Waals surface area contributed by atoms with E-state index in [4.69, 9.17) is 4.74 Å². The van der Waals surface area contributed by atoms with E-state index in [9.17, 15) is 0 Å². The van der Waals surface area contributed by atoms with Crippen molar-refractivity contribution in [3.8, 4) is 11.4 Å². The molecule has 0 radical (unpaired) electrons. The Labute approximate surface area is 157 Å². The lowest BCUT2D eigenvalue weighted by Crippen LogP contribution is -2.02. The summed E-state index contributed by atoms with van der Waals surface area (Å²) in [7, 11) is 1.64. The van der Waals surface area contributed by atoms with Crippen LogP contribution in [0.25, 0.3) is 15.9 Å². The highest BCUT2D eigenvalue weighted by molar-refractivity contribution is 7.99. The van der Waals surface area contributed by atoms with Crippen LogP contribution in [0.4, 0.5) is 0 Å². The van der Waals surface area contributed by atoms with E-state index in [0.717, 1.165) is 33.8 Å². The molecule has 1 aliphatic carbocycles. The van der Waals surface area contributed by atoms with E-state index >= 15 is 0 Å². The number of aryl methyl sites for hydroxylation is 2. The average molecular weight is 382 g/mol. The summed E-state index contributed by atoms with van der Waals surface area (Å²) in [6, 6.07) is 7.67. The molecule has 3 aromatic heterocycles. The molecule has 26 heavy (non-hydrogen) atoms. The predicted octanol–water partition coefficient (Wildman–Crippen LogP) is 3.32. The SMILES string of the molecule is COc1ccccc1-n1nnnc1Sc1ncnc2sc3c(c12)CCC3. The maximum atomic E-state index is 5.44. The summed E-state index contributed by atoms with van der Waals surface area (Å²) in [5.41, 5.74) is 2.19. The van der Waals surface area contributed by atoms with Crippen molar-refractivity contribution in [2.45, 2.75) is 29.4 Å². The third-order valence-corrected chi connectivity index (χ3v) is 6.55. The largest absolute Gasteiger partial charge is 0.494 e. The van der Waals surface area contributed by atoms with Gasteiger partial charge in [0.2, 0.25) is 5.16 Å². The molecular formula is C17H14N6OS2. The van der Waals surface area contributed by atoms with Crippen LogP contribution < -0.4 is 4.74 Å². The van der Waals surface area contributed by atoms with Crippen molar-refractivity contribution in [2.75, 3.05) is 7.11 Å². The van der Waals surface area contributed by atoms with Crippen LogP contribution in [0.15, 0.2) is 40.8 Å². The zero-order valence-electron chi connectivity index (χ0n) is 13.9. The Morgan fingerprint density at radius 1 is 1.19 bits per heavy atom. The second kappa shape index (κ2) is 6.33. The number of benzene rings is 1. The summed E-state index contributed by atoms with van der Waals surface area (Å²) < 4.78 is 7.13. The normalized spacial score (nSPS) is 13.3. The van der Waals surface area contributed by atoms with Crippen LogP contribution in [0.3, 0.4) is 0 Å². The molecule has 9 heteroatoms. The van der Waals surface area contributed by atoms with E-state index in [-0.39, 0.29) is 0 Å². The third kappa shape index (κ3) is 2.46. The minimum absolute atomic E-state index is 0.646. The second-order valence-electron chi connectivity index (χ2n) is 5.86. The number of ether oxygens (including phenoxy) is 1. The van der Waals surface area contributed by atoms with Crippen LogP contribution >= 0.6 is 23.1 Å². The standard InChI is InChI=1S/C17H14N6OS2/c1-24-12-7-3-2-6-11(12)23-17(20-21-22-23)26-16-14-10-5-4-8-13(10)25-15(14)18-9-19-16/h2-3,6-7,9H,4-5,8H2,1H3. The maximum Gasteiger partial charge on any atom is 0.220 e. The Morgan fingerprint density at radius 2 is 2.12 bits per heavy atom. The number of nitrogens with zero attached hydrogens (tertiary/aromatic N) is 6. The lowest BCUT2D eigenvalue weighted by molar-refractivity contribution is 0.410.